The highest BCUT2D eigenvalue weighted by atomic mass is 32.1. The van der Waals surface area contributed by atoms with E-state index in [1.165, 1.54) is 11.3 Å². The summed E-state index contributed by atoms with van der Waals surface area (Å²) in [6.45, 7) is 3.67. The van der Waals surface area contributed by atoms with Crippen LogP contribution in [0.5, 0.6) is 0 Å². The molecule has 0 bridgehead atoms. The van der Waals surface area contributed by atoms with Gasteiger partial charge >= 0.3 is 11.9 Å². The molecule has 6 heteroatoms. The molecule has 0 fully saturated rings. The molecule has 2 rings (SSSR count). The molecule has 1 heterocycles. The van der Waals surface area contributed by atoms with E-state index >= 15 is 0 Å². The topological polar surface area (TPSA) is 69.7 Å². The third kappa shape index (κ3) is 3.15. The van der Waals surface area contributed by atoms with E-state index < -0.39 is 23.8 Å². The van der Waals surface area contributed by atoms with Gasteiger partial charge in [0, 0.05) is 5.92 Å². The van der Waals surface area contributed by atoms with E-state index in [4.69, 9.17) is 9.47 Å². The lowest BCUT2D eigenvalue weighted by Gasteiger charge is -2.26. The number of aryl methyl sites for hydroxylation is 1. The average Bonchev–Trinajstić information content (AvgIpc) is 2.91. The summed E-state index contributed by atoms with van der Waals surface area (Å²) in [5.41, 5.74) is 0.993. The Morgan fingerprint density at radius 3 is 2.48 bits per heavy atom. The molecule has 0 amide bonds. The maximum atomic E-state index is 12.5. The molecule has 0 spiro atoms. The molecule has 0 aliphatic heterocycles. The summed E-state index contributed by atoms with van der Waals surface area (Å²) in [6.07, 6.45) is 1.15. The van der Waals surface area contributed by atoms with Gasteiger partial charge in [-0.1, -0.05) is 0 Å². The minimum Gasteiger partial charge on any atom is -0.465 e. The van der Waals surface area contributed by atoms with Crippen molar-refractivity contribution in [2.75, 3.05) is 13.2 Å². The molecule has 0 saturated heterocycles. The SMILES string of the molecule is CCOC(=O)C(C(=O)OCC)C1CCc2ccsc2C1=O. The van der Waals surface area contributed by atoms with E-state index in [2.05, 4.69) is 0 Å². The Kier molecular flexibility index (Phi) is 5.12. The van der Waals surface area contributed by atoms with Gasteiger partial charge in [0.2, 0.25) is 0 Å². The van der Waals surface area contributed by atoms with Gasteiger partial charge in [-0.05, 0) is 43.7 Å². The van der Waals surface area contributed by atoms with Crippen LogP contribution in [0.2, 0.25) is 0 Å². The first-order valence-electron chi connectivity index (χ1n) is 7.04. The predicted octanol–water partition coefficient (Wildman–Crippen LogP) is 2.24. The van der Waals surface area contributed by atoms with E-state index in [0.29, 0.717) is 17.7 Å². The van der Waals surface area contributed by atoms with Crippen LogP contribution in [0.3, 0.4) is 0 Å². The molecule has 1 aromatic heterocycles. The largest absolute Gasteiger partial charge is 0.465 e. The molecule has 114 valence electrons. The van der Waals surface area contributed by atoms with Crippen LogP contribution in [0.25, 0.3) is 0 Å². The summed E-state index contributed by atoms with van der Waals surface area (Å²) < 4.78 is 9.91. The quantitative estimate of drug-likeness (QED) is 0.616. The normalized spacial score (nSPS) is 17.5. The molecule has 1 atom stereocenters. The second kappa shape index (κ2) is 6.85. The fourth-order valence-electron chi connectivity index (χ4n) is 2.57. The van der Waals surface area contributed by atoms with Crippen molar-refractivity contribution in [3.05, 3.63) is 21.9 Å². The Hall–Kier alpha value is -1.69. The summed E-state index contributed by atoms with van der Waals surface area (Å²) in [4.78, 5) is 37.3. The molecule has 21 heavy (non-hydrogen) atoms. The van der Waals surface area contributed by atoms with Gasteiger partial charge < -0.3 is 9.47 Å². The molecular weight excluding hydrogens is 292 g/mol. The molecule has 1 unspecified atom stereocenters. The lowest BCUT2D eigenvalue weighted by atomic mass is 9.79. The maximum absolute atomic E-state index is 12.5. The summed E-state index contributed by atoms with van der Waals surface area (Å²) in [6, 6.07) is 1.91. The summed E-state index contributed by atoms with van der Waals surface area (Å²) in [5.74, 6) is -3.34. The monoisotopic (exact) mass is 310 g/mol. The molecule has 1 aliphatic rings. The van der Waals surface area contributed by atoms with Gasteiger partial charge in [0.15, 0.2) is 11.7 Å². The number of carbonyl (C=O) groups excluding carboxylic acids is 3. The van der Waals surface area contributed by atoms with Gasteiger partial charge in [0.25, 0.3) is 0 Å². The number of hydrogen-bond donors (Lipinski definition) is 0. The Morgan fingerprint density at radius 1 is 1.29 bits per heavy atom. The molecule has 0 aromatic carbocycles. The number of fused-ring (bicyclic) bond motifs is 1. The number of ketones is 1. The average molecular weight is 310 g/mol. The number of hydrogen-bond acceptors (Lipinski definition) is 6. The third-order valence-corrected chi connectivity index (χ3v) is 4.49. The van der Waals surface area contributed by atoms with E-state index in [1.54, 1.807) is 13.8 Å². The van der Waals surface area contributed by atoms with Crippen LogP contribution >= 0.6 is 11.3 Å². The second-order valence-corrected chi connectivity index (χ2v) is 5.68. The Labute approximate surface area is 127 Å². The van der Waals surface area contributed by atoms with Crippen molar-refractivity contribution >= 4 is 29.1 Å². The van der Waals surface area contributed by atoms with Crippen LogP contribution in [0.15, 0.2) is 11.4 Å². The fraction of sp³-hybridized carbons (Fsp3) is 0.533. The van der Waals surface area contributed by atoms with E-state index in [-0.39, 0.29) is 19.0 Å². The van der Waals surface area contributed by atoms with Crippen LogP contribution in [-0.2, 0) is 25.5 Å². The van der Waals surface area contributed by atoms with Crippen molar-refractivity contribution in [1.82, 2.24) is 0 Å². The van der Waals surface area contributed by atoms with Crippen LogP contribution < -0.4 is 0 Å². The third-order valence-electron chi connectivity index (χ3n) is 3.52. The molecular formula is C15H18O5S. The van der Waals surface area contributed by atoms with E-state index in [1.807, 2.05) is 11.4 Å². The number of thiophene rings is 1. The van der Waals surface area contributed by atoms with Gasteiger partial charge in [-0.2, -0.15) is 0 Å². The number of rotatable bonds is 5. The van der Waals surface area contributed by atoms with Crippen molar-refractivity contribution in [2.24, 2.45) is 11.8 Å². The minimum absolute atomic E-state index is 0.155. The molecule has 1 aliphatic carbocycles. The lowest BCUT2D eigenvalue weighted by Crippen LogP contribution is -2.40. The smallest absolute Gasteiger partial charge is 0.321 e. The Bertz CT molecular complexity index is 530. The van der Waals surface area contributed by atoms with Gasteiger partial charge in [-0.3, -0.25) is 14.4 Å². The number of Topliss-reactive ketones (excluding diaryl/α,β-unsaturated/α-hetero) is 1. The first-order chi connectivity index (χ1) is 10.1. The first kappa shape index (κ1) is 15.7. The maximum Gasteiger partial charge on any atom is 0.321 e. The number of esters is 2. The van der Waals surface area contributed by atoms with Crippen molar-refractivity contribution in [3.63, 3.8) is 0 Å². The molecule has 1 aromatic rings. The highest BCUT2D eigenvalue weighted by Gasteiger charge is 2.44. The Balaban J connectivity index is 2.27. The molecule has 0 radical (unpaired) electrons. The Morgan fingerprint density at radius 2 is 1.90 bits per heavy atom. The van der Waals surface area contributed by atoms with Gasteiger partial charge in [0.1, 0.15) is 0 Å². The van der Waals surface area contributed by atoms with Gasteiger partial charge in [-0.15, -0.1) is 11.3 Å². The summed E-state index contributed by atoms with van der Waals surface area (Å²) in [7, 11) is 0. The second-order valence-electron chi connectivity index (χ2n) is 4.77. The zero-order valence-corrected chi connectivity index (χ0v) is 12.9. The minimum atomic E-state index is -1.16. The summed E-state index contributed by atoms with van der Waals surface area (Å²) in [5, 5.41) is 1.86. The van der Waals surface area contributed by atoms with Crippen LogP contribution in [-0.4, -0.2) is 30.9 Å². The van der Waals surface area contributed by atoms with Gasteiger partial charge in [-0.25, -0.2) is 0 Å². The zero-order chi connectivity index (χ0) is 15.4. The highest BCUT2D eigenvalue weighted by molar-refractivity contribution is 7.12. The lowest BCUT2D eigenvalue weighted by molar-refractivity contribution is -0.163. The van der Waals surface area contributed by atoms with E-state index in [0.717, 1.165) is 5.56 Å². The molecule has 5 nitrogen and oxygen atoms in total. The van der Waals surface area contributed by atoms with Crippen LogP contribution in [0.1, 0.15) is 35.5 Å². The van der Waals surface area contributed by atoms with Crippen molar-refractivity contribution in [1.29, 1.82) is 0 Å². The molecule has 0 N–H and O–H groups in total. The van der Waals surface area contributed by atoms with Crippen molar-refractivity contribution < 1.29 is 23.9 Å². The van der Waals surface area contributed by atoms with Crippen molar-refractivity contribution in [3.8, 4) is 0 Å². The van der Waals surface area contributed by atoms with E-state index in [9.17, 15) is 14.4 Å². The van der Waals surface area contributed by atoms with Gasteiger partial charge in [0.05, 0.1) is 18.1 Å². The van der Waals surface area contributed by atoms with Crippen molar-refractivity contribution in [2.45, 2.75) is 26.7 Å². The standard InChI is InChI=1S/C15H18O5S/c1-3-19-14(17)11(15(18)20-4-2)10-6-5-9-7-8-21-13(9)12(10)16/h7-8,10-11H,3-6H2,1-2H3. The first-order valence-corrected chi connectivity index (χ1v) is 7.91. The fourth-order valence-corrected chi connectivity index (χ4v) is 3.52. The molecule has 0 saturated carbocycles. The summed E-state index contributed by atoms with van der Waals surface area (Å²) >= 11 is 1.35. The predicted molar refractivity (Wildman–Crippen MR) is 77.2 cm³/mol. The zero-order valence-electron chi connectivity index (χ0n) is 12.1. The number of carbonyl (C=O) groups is 3. The number of ether oxygens (including phenoxy) is 2. The van der Waals surface area contributed by atoms with Crippen LogP contribution in [0.4, 0.5) is 0 Å². The highest BCUT2D eigenvalue weighted by Crippen LogP contribution is 2.34. The van der Waals surface area contributed by atoms with Crippen LogP contribution in [0, 0.1) is 11.8 Å².